The van der Waals surface area contributed by atoms with Crippen molar-refractivity contribution in [2.75, 3.05) is 0 Å². The number of rotatable bonds is 0. The summed E-state index contributed by atoms with van der Waals surface area (Å²) in [7, 11) is 0. The fourth-order valence-electron chi connectivity index (χ4n) is 3.20. The first-order valence-corrected chi connectivity index (χ1v) is 6.80. The number of allylic oxidation sites excluding steroid dienone is 2. The highest BCUT2D eigenvalue weighted by Crippen LogP contribution is 2.49. The fraction of sp³-hybridized carbons (Fsp3) is 0.727. The maximum Gasteiger partial charge on any atom is 0.330 e. The minimum atomic E-state index is 0.0320. The Bertz CT molecular complexity index is 370. The van der Waals surface area contributed by atoms with Crippen LogP contribution in [0, 0.1) is 17.8 Å². The number of urea groups is 1. The van der Waals surface area contributed by atoms with Crippen LogP contribution in [0.5, 0.6) is 0 Å². The molecular weight excluding hydrogens is 317 g/mol. The Morgan fingerprint density at radius 1 is 1.56 bits per heavy atom. The quantitative estimate of drug-likeness (QED) is 0.523. The van der Waals surface area contributed by atoms with E-state index in [-0.39, 0.29) is 12.1 Å². The highest BCUT2D eigenvalue weighted by molar-refractivity contribution is 14.1. The summed E-state index contributed by atoms with van der Waals surface area (Å²) in [6.07, 6.45) is 4.24. The van der Waals surface area contributed by atoms with E-state index in [0.717, 1.165) is 12.8 Å². The minimum Gasteiger partial charge on any atom is -0.334 e. The van der Waals surface area contributed by atoms with Crippen LogP contribution in [-0.4, -0.2) is 21.2 Å². The van der Waals surface area contributed by atoms with Crippen molar-refractivity contribution in [3.05, 3.63) is 11.8 Å². The number of nitrogens with one attached hydrogen (secondary N) is 1. The topological polar surface area (TPSA) is 58.4 Å². The van der Waals surface area contributed by atoms with Crippen molar-refractivity contribution in [3.8, 4) is 0 Å². The molecule has 2 amide bonds. The largest absolute Gasteiger partial charge is 0.334 e. The van der Waals surface area contributed by atoms with Gasteiger partial charge < -0.3 is 11.1 Å². The van der Waals surface area contributed by atoms with Crippen molar-refractivity contribution in [2.45, 2.75) is 31.8 Å². The van der Waals surface area contributed by atoms with E-state index >= 15 is 0 Å². The highest BCUT2D eigenvalue weighted by atomic mass is 127. The molecule has 5 atom stereocenters. The van der Waals surface area contributed by atoms with Crippen molar-refractivity contribution < 1.29 is 4.79 Å². The fourth-order valence-corrected chi connectivity index (χ4v) is 3.82. The van der Waals surface area contributed by atoms with Gasteiger partial charge in [0.15, 0.2) is 0 Å². The molecular formula is C11H16IN3O. The number of nitrogens with zero attached hydrogens (tertiary/aromatic N) is 1. The Kier molecular flexibility index (Phi) is 2.43. The molecule has 4 unspecified atom stereocenters. The molecule has 88 valence electrons. The van der Waals surface area contributed by atoms with Crippen LogP contribution in [0.2, 0.25) is 0 Å². The first kappa shape index (κ1) is 10.8. The summed E-state index contributed by atoms with van der Waals surface area (Å²) in [5.41, 5.74) is 7.31. The first-order chi connectivity index (χ1) is 7.59. The monoisotopic (exact) mass is 333 g/mol. The smallest absolute Gasteiger partial charge is 0.330 e. The van der Waals surface area contributed by atoms with Crippen LogP contribution < -0.4 is 11.1 Å². The molecule has 0 aromatic rings. The molecule has 1 saturated heterocycles. The normalized spacial score (nSPS) is 46.2. The maximum atomic E-state index is 11.8. The summed E-state index contributed by atoms with van der Waals surface area (Å²) < 4.78 is 1.72. The van der Waals surface area contributed by atoms with E-state index < -0.39 is 0 Å². The van der Waals surface area contributed by atoms with Gasteiger partial charge in [0.1, 0.15) is 0 Å². The summed E-state index contributed by atoms with van der Waals surface area (Å²) in [4.78, 5) is 11.8. The molecule has 0 aromatic heterocycles. The summed E-state index contributed by atoms with van der Waals surface area (Å²) in [5, 5.41) is 3.13. The standard InChI is InChI=1S/C11H16IN3O/c1-5-7(13)2-3-8-10(5)6-4-9(6)15(12)11(16)14-8/h4-8,10H,2-3,13H2,1H3,(H,14,16)/t5-,6?,7?,8?,10?/m0/s1. The molecule has 5 heteroatoms. The Morgan fingerprint density at radius 2 is 2.31 bits per heavy atom. The van der Waals surface area contributed by atoms with Crippen LogP contribution in [0.4, 0.5) is 4.79 Å². The van der Waals surface area contributed by atoms with Gasteiger partial charge in [-0.3, -0.25) is 0 Å². The number of nitrogens with two attached hydrogens (primary N) is 1. The highest BCUT2D eigenvalue weighted by Gasteiger charge is 2.50. The van der Waals surface area contributed by atoms with Crippen LogP contribution in [0.3, 0.4) is 0 Å². The lowest BCUT2D eigenvalue weighted by Gasteiger charge is -2.39. The van der Waals surface area contributed by atoms with Gasteiger partial charge >= 0.3 is 6.03 Å². The Hall–Kier alpha value is -0.300. The average molecular weight is 333 g/mol. The number of fused-ring (bicyclic) bond motifs is 3. The van der Waals surface area contributed by atoms with Crippen molar-refractivity contribution in [2.24, 2.45) is 23.5 Å². The Morgan fingerprint density at radius 3 is 3.06 bits per heavy atom. The van der Waals surface area contributed by atoms with Gasteiger partial charge in [-0.1, -0.05) is 13.0 Å². The Labute approximate surface area is 109 Å². The second-order valence-electron chi connectivity index (χ2n) is 5.13. The lowest BCUT2D eigenvalue weighted by Crippen LogP contribution is -2.51. The number of carbonyl (C=O) groups excluding carboxylic acids is 1. The molecule has 0 spiro atoms. The molecule has 1 aliphatic heterocycles. The van der Waals surface area contributed by atoms with Crippen molar-refractivity contribution in [1.82, 2.24) is 8.43 Å². The molecule has 2 aliphatic carbocycles. The number of hydrogen-bond acceptors (Lipinski definition) is 2. The molecule has 1 heterocycles. The molecule has 3 N–H and O–H groups in total. The van der Waals surface area contributed by atoms with Crippen LogP contribution in [-0.2, 0) is 0 Å². The molecule has 0 aromatic carbocycles. The minimum absolute atomic E-state index is 0.0320. The third-order valence-electron chi connectivity index (χ3n) is 4.27. The van der Waals surface area contributed by atoms with E-state index in [1.54, 1.807) is 3.11 Å². The van der Waals surface area contributed by atoms with Gasteiger partial charge in [-0.15, -0.1) is 0 Å². The van der Waals surface area contributed by atoms with Crippen LogP contribution in [0.15, 0.2) is 11.8 Å². The number of halogens is 1. The van der Waals surface area contributed by atoms with Gasteiger partial charge in [-0.2, -0.15) is 0 Å². The number of amides is 2. The van der Waals surface area contributed by atoms with Crippen LogP contribution in [0.25, 0.3) is 0 Å². The number of hydrogen-bond donors (Lipinski definition) is 2. The second kappa shape index (κ2) is 3.60. The van der Waals surface area contributed by atoms with E-state index in [4.69, 9.17) is 5.73 Å². The molecule has 0 bridgehead atoms. The van der Waals surface area contributed by atoms with Gasteiger partial charge in [0.2, 0.25) is 0 Å². The summed E-state index contributed by atoms with van der Waals surface area (Å²) in [6.45, 7) is 2.22. The molecule has 3 rings (SSSR count). The summed E-state index contributed by atoms with van der Waals surface area (Å²) in [6, 6.07) is 0.625. The molecule has 2 fully saturated rings. The van der Waals surface area contributed by atoms with E-state index in [1.165, 1.54) is 5.70 Å². The molecule has 16 heavy (non-hydrogen) atoms. The predicted octanol–water partition coefficient (Wildman–Crippen LogP) is 1.62. The van der Waals surface area contributed by atoms with Gasteiger partial charge in [0.25, 0.3) is 0 Å². The van der Waals surface area contributed by atoms with Crippen molar-refractivity contribution in [3.63, 3.8) is 0 Å². The van der Waals surface area contributed by atoms with Crippen molar-refractivity contribution >= 4 is 28.9 Å². The van der Waals surface area contributed by atoms with Gasteiger partial charge in [0, 0.05) is 23.7 Å². The van der Waals surface area contributed by atoms with Crippen molar-refractivity contribution in [1.29, 1.82) is 0 Å². The third-order valence-corrected chi connectivity index (χ3v) is 5.26. The zero-order valence-corrected chi connectivity index (χ0v) is 11.3. The number of carbonyl (C=O) groups is 1. The SMILES string of the molecule is C[C@H]1C(N)CCC2NC(=O)N(I)C3=CC3C21. The first-order valence-electron chi connectivity index (χ1n) is 5.83. The lowest BCUT2D eigenvalue weighted by molar-refractivity contribution is 0.158. The molecule has 4 nitrogen and oxygen atoms in total. The van der Waals surface area contributed by atoms with Gasteiger partial charge in [-0.05, 0) is 24.7 Å². The van der Waals surface area contributed by atoms with E-state index in [1.807, 2.05) is 0 Å². The average Bonchev–Trinajstić information content (AvgIpc) is 3.02. The van der Waals surface area contributed by atoms with E-state index in [2.05, 4.69) is 41.2 Å². The zero-order chi connectivity index (χ0) is 11.4. The third kappa shape index (κ3) is 1.48. The summed E-state index contributed by atoms with van der Waals surface area (Å²) >= 11 is 2.08. The summed E-state index contributed by atoms with van der Waals surface area (Å²) in [5.74, 6) is 1.46. The van der Waals surface area contributed by atoms with E-state index in [9.17, 15) is 4.79 Å². The van der Waals surface area contributed by atoms with E-state index in [0.29, 0.717) is 23.8 Å². The van der Waals surface area contributed by atoms with Crippen LogP contribution in [0.1, 0.15) is 19.8 Å². The molecule has 0 radical (unpaired) electrons. The van der Waals surface area contributed by atoms with Crippen LogP contribution >= 0.6 is 22.9 Å². The predicted molar refractivity (Wildman–Crippen MR) is 69.6 cm³/mol. The van der Waals surface area contributed by atoms with Gasteiger partial charge in [-0.25, -0.2) is 7.91 Å². The molecule has 3 aliphatic rings. The lowest BCUT2D eigenvalue weighted by atomic mass is 9.71. The Balaban J connectivity index is 1.88. The zero-order valence-electron chi connectivity index (χ0n) is 9.19. The molecule has 1 saturated carbocycles. The second-order valence-corrected chi connectivity index (χ2v) is 6.10. The van der Waals surface area contributed by atoms with Gasteiger partial charge in [0.05, 0.1) is 22.9 Å². The maximum absolute atomic E-state index is 11.8.